The van der Waals surface area contributed by atoms with Crippen LogP contribution in [0.5, 0.6) is 0 Å². The van der Waals surface area contributed by atoms with E-state index in [1.807, 2.05) is 0 Å². The van der Waals surface area contributed by atoms with Crippen LogP contribution >= 0.6 is 17.0 Å². The van der Waals surface area contributed by atoms with E-state index in [-0.39, 0.29) is 14.9 Å². The summed E-state index contributed by atoms with van der Waals surface area (Å²) in [5, 5.41) is 0. The number of fused-ring (bicyclic) bond motifs is 2. The van der Waals surface area contributed by atoms with Crippen LogP contribution in [0.25, 0.3) is 0 Å². The van der Waals surface area contributed by atoms with Crippen LogP contribution in [0.4, 0.5) is 0 Å². The summed E-state index contributed by atoms with van der Waals surface area (Å²) in [7, 11) is 9.87. The first-order valence-corrected chi connectivity index (χ1v) is 18.0. The second-order valence-corrected chi connectivity index (χ2v) is 15.1. The van der Waals surface area contributed by atoms with Crippen LogP contribution < -0.4 is 0 Å². The van der Waals surface area contributed by atoms with Gasteiger partial charge >= 0.3 is 37.9 Å². The van der Waals surface area contributed by atoms with E-state index in [9.17, 15) is 0 Å². The quantitative estimate of drug-likeness (QED) is 0.277. The van der Waals surface area contributed by atoms with E-state index < -0.39 is 20.8 Å². The zero-order valence-electron chi connectivity index (χ0n) is 20.8. The number of hydrogen-bond donors (Lipinski definition) is 0. The Balaban J connectivity index is 0.000000668. The molecule has 6 unspecified atom stereocenters. The van der Waals surface area contributed by atoms with Gasteiger partial charge in [-0.25, -0.2) is 0 Å². The molecular formula is C26H50Cl2Zr. The van der Waals surface area contributed by atoms with Crippen molar-refractivity contribution in [2.75, 3.05) is 0 Å². The van der Waals surface area contributed by atoms with Gasteiger partial charge in [-0.2, -0.15) is 0 Å². The molecule has 29 heavy (non-hydrogen) atoms. The summed E-state index contributed by atoms with van der Waals surface area (Å²) < 4.78 is 0. The number of halogens is 2. The summed E-state index contributed by atoms with van der Waals surface area (Å²) in [6.45, 7) is 15.5. The maximum absolute atomic E-state index is 4.93. The van der Waals surface area contributed by atoms with Gasteiger partial charge in [-0.05, 0) is 72.0 Å². The first-order valence-electron chi connectivity index (χ1n) is 11.6. The summed E-state index contributed by atoms with van der Waals surface area (Å²) in [5.74, 6) is 5.94. The Bertz CT molecular complexity index is 402. The van der Waals surface area contributed by atoms with Gasteiger partial charge < -0.3 is 14.9 Å². The van der Waals surface area contributed by atoms with E-state index in [1.165, 1.54) is 64.2 Å². The Hall–Kier alpha value is 1.46. The predicted octanol–water partition coefficient (Wildman–Crippen LogP) is 9.99. The molecule has 0 bridgehead atoms. The zero-order valence-corrected chi connectivity index (χ0v) is 24.8. The normalized spacial score (nSPS) is 38.2. The topological polar surface area (TPSA) is 0 Å². The molecule has 3 heteroatoms. The van der Waals surface area contributed by atoms with Gasteiger partial charge in [0.05, 0.1) is 0 Å². The molecule has 0 radical (unpaired) electrons. The molecule has 172 valence electrons. The molecule has 4 saturated carbocycles. The SMILES string of the molecule is C1CCCC1.CC1C2CCCC2C(C)C2C1C(C)(C)CCC2(C)C.[CH3-].[CH3-].[Cl][Zr+2][Cl]. The van der Waals surface area contributed by atoms with E-state index in [2.05, 4.69) is 41.5 Å². The van der Waals surface area contributed by atoms with Gasteiger partial charge in [-0.3, -0.25) is 0 Å². The fourth-order valence-electron chi connectivity index (χ4n) is 7.77. The Kier molecular flexibility index (Phi) is 13.9. The second kappa shape index (κ2) is 13.2. The molecule has 4 aliphatic rings. The van der Waals surface area contributed by atoms with E-state index in [0.717, 1.165) is 35.5 Å². The average Bonchev–Trinajstić information content (AvgIpc) is 3.30. The Morgan fingerprint density at radius 1 is 0.621 bits per heavy atom. The molecule has 4 fully saturated rings. The molecule has 0 nitrogen and oxygen atoms in total. The predicted molar refractivity (Wildman–Crippen MR) is 131 cm³/mol. The van der Waals surface area contributed by atoms with Crippen molar-refractivity contribution >= 4 is 17.0 Å². The van der Waals surface area contributed by atoms with Crippen molar-refractivity contribution in [3.8, 4) is 0 Å². The van der Waals surface area contributed by atoms with Gasteiger partial charge in [0.2, 0.25) is 0 Å². The molecule has 0 aromatic heterocycles. The van der Waals surface area contributed by atoms with E-state index in [0.29, 0.717) is 10.8 Å². The van der Waals surface area contributed by atoms with Gasteiger partial charge in [0.25, 0.3) is 0 Å². The first-order chi connectivity index (χ1) is 12.7. The summed E-state index contributed by atoms with van der Waals surface area (Å²) >= 11 is -0.826. The summed E-state index contributed by atoms with van der Waals surface area (Å²) in [6.07, 6.45) is 14.9. The molecule has 0 aromatic carbocycles. The zero-order chi connectivity index (χ0) is 20.2. The third kappa shape index (κ3) is 7.22. The van der Waals surface area contributed by atoms with Crippen LogP contribution in [0, 0.1) is 61.2 Å². The fourth-order valence-corrected chi connectivity index (χ4v) is 7.77. The first kappa shape index (κ1) is 30.5. The van der Waals surface area contributed by atoms with Gasteiger partial charge in [0.15, 0.2) is 0 Å². The molecule has 0 N–H and O–H groups in total. The van der Waals surface area contributed by atoms with Crippen molar-refractivity contribution in [2.45, 2.75) is 106 Å². The van der Waals surface area contributed by atoms with Crippen molar-refractivity contribution in [3.05, 3.63) is 14.9 Å². The molecular weight excluding hydrogens is 474 g/mol. The third-order valence-corrected chi connectivity index (χ3v) is 8.96. The molecule has 0 aliphatic heterocycles. The van der Waals surface area contributed by atoms with Crippen molar-refractivity contribution in [1.29, 1.82) is 0 Å². The standard InChI is InChI=1S/C19H34.C5H10.2CH3.2ClH.Zr/c1-12-14-8-7-9-15(14)13(2)17-16(12)18(3,4)10-11-19(17,5)6;1-2-4-5-3-1;;;;;/h12-17H,7-11H2,1-6H3;1-5H2;2*1H3;2*1H;/q;;2*-1;;;+4/p-2. The molecule has 0 aromatic rings. The minimum atomic E-state index is -0.826. The Morgan fingerprint density at radius 2 is 0.897 bits per heavy atom. The van der Waals surface area contributed by atoms with Crippen LogP contribution in [-0.2, 0) is 20.8 Å². The summed E-state index contributed by atoms with van der Waals surface area (Å²) in [6, 6.07) is 0. The van der Waals surface area contributed by atoms with Crippen LogP contribution in [0.2, 0.25) is 0 Å². The van der Waals surface area contributed by atoms with Crippen molar-refractivity contribution in [1.82, 2.24) is 0 Å². The molecule has 4 aliphatic carbocycles. The minimum absolute atomic E-state index is 0. The van der Waals surface area contributed by atoms with Crippen molar-refractivity contribution in [2.24, 2.45) is 46.3 Å². The van der Waals surface area contributed by atoms with Gasteiger partial charge in [-0.1, -0.05) is 80.1 Å². The van der Waals surface area contributed by atoms with Crippen LogP contribution in [0.1, 0.15) is 106 Å². The van der Waals surface area contributed by atoms with E-state index >= 15 is 0 Å². The Morgan fingerprint density at radius 3 is 1.17 bits per heavy atom. The number of hydrogen-bond acceptors (Lipinski definition) is 0. The Labute approximate surface area is 203 Å². The van der Waals surface area contributed by atoms with Crippen LogP contribution in [0.15, 0.2) is 0 Å². The maximum atomic E-state index is 4.93. The van der Waals surface area contributed by atoms with E-state index in [1.54, 1.807) is 0 Å². The van der Waals surface area contributed by atoms with Crippen molar-refractivity contribution < 1.29 is 20.8 Å². The van der Waals surface area contributed by atoms with Crippen molar-refractivity contribution in [3.63, 3.8) is 0 Å². The second-order valence-electron chi connectivity index (χ2n) is 11.3. The average molecular weight is 525 g/mol. The summed E-state index contributed by atoms with van der Waals surface area (Å²) in [4.78, 5) is 0. The molecule has 4 rings (SSSR count). The molecule has 0 spiro atoms. The molecule has 0 amide bonds. The molecule has 0 saturated heterocycles. The van der Waals surface area contributed by atoms with E-state index in [4.69, 9.17) is 17.0 Å². The molecule has 0 heterocycles. The number of rotatable bonds is 0. The van der Waals surface area contributed by atoms with Gasteiger partial charge in [0, 0.05) is 0 Å². The summed E-state index contributed by atoms with van der Waals surface area (Å²) in [5.41, 5.74) is 1.14. The van der Waals surface area contributed by atoms with Crippen LogP contribution in [0.3, 0.4) is 0 Å². The fraction of sp³-hybridized carbons (Fsp3) is 0.923. The monoisotopic (exact) mass is 522 g/mol. The van der Waals surface area contributed by atoms with Gasteiger partial charge in [-0.15, -0.1) is 0 Å². The van der Waals surface area contributed by atoms with Crippen LogP contribution in [-0.4, -0.2) is 0 Å². The third-order valence-electron chi connectivity index (χ3n) is 8.96. The molecule has 6 atom stereocenters. The van der Waals surface area contributed by atoms with Gasteiger partial charge in [0.1, 0.15) is 0 Å².